The number of rotatable bonds is 11. The van der Waals surface area contributed by atoms with Gasteiger partial charge in [-0.3, -0.25) is 4.79 Å². The van der Waals surface area contributed by atoms with E-state index in [1.807, 2.05) is 30.0 Å². The van der Waals surface area contributed by atoms with Crippen LogP contribution < -0.4 is 14.8 Å². The summed E-state index contributed by atoms with van der Waals surface area (Å²) < 4.78 is 11.0. The van der Waals surface area contributed by atoms with Crippen LogP contribution in [0, 0.1) is 0 Å². The molecule has 0 bridgehead atoms. The molecule has 7 heteroatoms. The van der Waals surface area contributed by atoms with E-state index in [1.165, 1.54) is 12.8 Å². The quantitative estimate of drug-likeness (QED) is 0.569. The molecule has 0 spiro atoms. The molecule has 26 heavy (non-hydrogen) atoms. The topological polar surface area (TPSA) is 50.8 Å². The zero-order chi connectivity index (χ0) is 18.1. The maximum Gasteiger partial charge on any atom is 0.233 e. The van der Waals surface area contributed by atoms with Gasteiger partial charge in [-0.25, -0.2) is 0 Å². The van der Waals surface area contributed by atoms with Crippen molar-refractivity contribution in [2.24, 2.45) is 0 Å². The number of benzene rings is 1. The van der Waals surface area contributed by atoms with Crippen LogP contribution in [-0.2, 0) is 4.79 Å². The molecule has 1 aromatic rings. The first kappa shape index (κ1) is 22.9. The second-order valence-corrected chi connectivity index (χ2v) is 7.12. The Balaban J connectivity index is 0.00000338. The number of ether oxygens (including phenoxy) is 2. The largest absolute Gasteiger partial charge is 0.493 e. The number of halogens is 1. The number of carbonyl (C=O) groups excluding carboxylic acids is 1. The van der Waals surface area contributed by atoms with Crippen molar-refractivity contribution in [3.05, 3.63) is 23.8 Å². The monoisotopic (exact) mass is 402 g/mol. The molecule has 0 aromatic heterocycles. The number of methoxy groups -OCH3 is 1. The SMILES string of the molecule is CCCCNCCCN1C(=O)CSC1c1ccc(OCC)c(OC)c1.Cl. The van der Waals surface area contributed by atoms with Gasteiger partial charge < -0.3 is 19.7 Å². The molecule has 0 radical (unpaired) electrons. The van der Waals surface area contributed by atoms with Crippen LogP contribution in [0.2, 0.25) is 0 Å². The molecule has 2 rings (SSSR count). The van der Waals surface area contributed by atoms with Crippen LogP contribution in [0.15, 0.2) is 18.2 Å². The van der Waals surface area contributed by atoms with Gasteiger partial charge in [0.25, 0.3) is 0 Å². The minimum absolute atomic E-state index is 0. The van der Waals surface area contributed by atoms with E-state index in [0.29, 0.717) is 12.4 Å². The molecule has 1 N–H and O–H groups in total. The van der Waals surface area contributed by atoms with E-state index < -0.39 is 0 Å². The van der Waals surface area contributed by atoms with E-state index in [-0.39, 0.29) is 23.7 Å². The van der Waals surface area contributed by atoms with E-state index in [9.17, 15) is 4.79 Å². The van der Waals surface area contributed by atoms with Gasteiger partial charge in [0.1, 0.15) is 5.37 Å². The third-order valence-electron chi connectivity index (χ3n) is 4.20. The second kappa shape index (κ2) is 12.3. The maximum atomic E-state index is 12.3. The molecule has 1 heterocycles. The summed E-state index contributed by atoms with van der Waals surface area (Å²) in [5.41, 5.74) is 1.09. The van der Waals surface area contributed by atoms with Crippen LogP contribution in [0.3, 0.4) is 0 Å². The Morgan fingerprint density at radius 1 is 1.23 bits per heavy atom. The van der Waals surface area contributed by atoms with Crippen LogP contribution in [-0.4, -0.2) is 49.9 Å². The van der Waals surface area contributed by atoms with Gasteiger partial charge in [-0.2, -0.15) is 0 Å². The number of nitrogens with one attached hydrogen (secondary N) is 1. The van der Waals surface area contributed by atoms with E-state index in [4.69, 9.17) is 9.47 Å². The number of carbonyl (C=O) groups is 1. The van der Waals surface area contributed by atoms with Crippen molar-refractivity contribution < 1.29 is 14.3 Å². The molecule has 148 valence electrons. The molecular formula is C19H31ClN2O3S. The van der Waals surface area contributed by atoms with E-state index in [0.717, 1.165) is 43.1 Å². The predicted molar refractivity (Wildman–Crippen MR) is 111 cm³/mol. The fourth-order valence-corrected chi connectivity index (χ4v) is 4.09. The molecule has 1 aromatic carbocycles. The van der Waals surface area contributed by atoms with Crippen LogP contribution in [0.5, 0.6) is 11.5 Å². The fourth-order valence-electron chi connectivity index (χ4n) is 2.89. The first-order valence-electron chi connectivity index (χ1n) is 9.13. The minimum atomic E-state index is 0. The number of unbranched alkanes of at least 4 members (excludes halogenated alkanes) is 1. The lowest BCUT2D eigenvalue weighted by molar-refractivity contribution is -0.128. The van der Waals surface area contributed by atoms with Gasteiger partial charge in [0, 0.05) is 6.54 Å². The Labute approximate surface area is 167 Å². The third-order valence-corrected chi connectivity index (χ3v) is 5.46. The molecule has 1 aliphatic rings. The highest BCUT2D eigenvalue weighted by molar-refractivity contribution is 8.00. The fraction of sp³-hybridized carbons (Fsp3) is 0.632. The summed E-state index contributed by atoms with van der Waals surface area (Å²) >= 11 is 1.68. The molecule has 1 fully saturated rings. The number of hydrogen-bond donors (Lipinski definition) is 1. The first-order chi connectivity index (χ1) is 12.2. The zero-order valence-corrected chi connectivity index (χ0v) is 17.6. The van der Waals surface area contributed by atoms with Crippen LogP contribution in [0.1, 0.15) is 44.0 Å². The summed E-state index contributed by atoms with van der Waals surface area (Å²) in [5, 5.41) is 3.50. The molecule has 1 unspecified atom stereocenters. The van der Waals surface area contributed by atoms with Crippen molar-refractivity contribution in [2.45, 2.75) is 38.5 Å². The Bertz CT molecular complexity index is 560. The Morgan fingerprint density at radius 3 is 2.69 bits per heavy atom. The molecule has 0 aliphatic carbocycles. The summed E-state index contributed by atoms with van der Waals surface area (Å²) in [5.74, 6) is 2.23. The van der Waals surface area contributed by atoms with Gasteiger partial charge in [-0.1, -0.05) is 19.4 Å². The molecule has 0 saturated carbocycles. The average molecular weight is 403 g/mol. The highest BCUT2D eigenvalue weighted by atomic mass is 35.5. The van der Waals surface area contributed by atoms with E-state index >= 15 is 0 Å². The summed E-state index contributed by atoms with van der Waals surface area (Å²) in [6.45, 7) is 7.54. The van der Waals surface area contributed by atoms with Crippen molar-refractivity contribution in [1.82, 2.24) is 10.2 Å². The third kappa shape index (κ3) is 6.25. The molecule has 1 saturated heterocycles. The Kier molecular flexibility index (Phi) is 10.9. The van der Waals surface area contributed by atoms with Crippen molar-refractivity contribution in [3.8, 4) is 11.5 Å². The van der Waals surface area contributed by atoms with Gasteiger partial charge in [0.15, 0.2) is 11.5 Å². The van der Waals surface area contributed by atoms with Gasteiger partial charge in [0.05, 0.1) is 19.5 Å². The van der Waals surface area contributed by atoms with Gasteiger partial charge in [-0.05, 0) is 50.6 Å². The lowest BCUT2D eigenvalue weighted by Gasteiger charge is -2.25. The molecule has 1 aliphatic heterocycles. The second-order valence-electron chi connectivity index (χ2n) is 6.05. The Hall–Kier alpha value is -1.11. The van der Waals surface area contributed by atoms with Crippen molar-refractivity contribution in [2.75, 3.05) is 39.1 Å². The maximum absolute atomic E-state index is 12.3. The summed E-state index contributed by atoms with van der Waals surface area (Å²) in [7, 11) is 1.65. The van der Waals surface area contributed by atoms with Crippen LogP contribution >= 0.6 is 24.2 Å². The van der Waals surface area contributed by atoms with Gasteiger partial charge in [0.2, 0.25) is 5.91 Å². The standard InChI is InChI=1S/C19H30N2O3S.ClH/c1-4-6-10-20-11-7-12-21-18(22)14-25-19(21)15-8-9-16(24-5-2)17(13-15)23-3;/h8-9,13,19-20H,4-7,10-12,14H2,1-3H3;1H. The smallest absolute Gasteiger partial charge is 0.233 e. The predicted octanol–water partition coefficient (Wildman–Crippen LogP) is 3.87. The Morgan fingerprint density at radius 2 is 2.00 bits per heavy atom. The van der Waals surface area contributed by atoms with E-state index in [2.05, 4.69) is 12.2 Å². The molecule has 1 amide bonds. The summed E-state index contributed by atoms with van der Waals surface area (Å²) in [6, 6.07) is 5.97. The minimum Gasteiger partial charge on any atom is -0.493 e. The normalized spacial score (nSPS) is 16.5. The number of nitrogens with zero attached hydrogens (tertiary/aromatic N) is 1. The van der Waals surface area contributed by atoms with Crippen LogP contribution in [0.4, 0.5) is 0 Å². The zero-order valence-electron chi connectivity index (χ0n) is 16.0. The summed E-state index contributed by atoms with van der Waals surface area (Å²) in [4.78, 5) is 14.3. The first-order valence-corrected chi connectivity index (χ1v) is 10.2. The average Bonchev–Trinajstić information content (AvgIpc) is 2.99. The lowest BCUT2D eigenvalue weighted by Crippen LogP contribution is -2.31. The highest BCUT2D eigenvalue weighted by Gasteiger charge is 2.32. The van der Waals surface area contributed by atoms with Crippen molar-refractivity contribution >= 4 is 30.1 Å². The number of hydrogen-bond acceptors (Lipinski definition) is 5. The molecule has 1 atom stereocenters. The highest BCUT2D eigenvalue weighted by Crippen LogP contribution is 2.41. The number of amides is 1. The molecule has 5 nitrogen and oxygen atoms in total. The summed E-state index contributed by atoms with van der Waals surface area (Å²) in [6.07, 6.45) is 3.38. The lowest BCUT2D eigenvalue weighted by atomic mass is 10.1. The molecular weight excluding hydrogens is 372 g/mol. The van der Waals surface area contributed by atoms with Crippen molar-refractivity contribution in [3.63, 3.8) is 0 Å². The van der Waals surface area contributed by atoms with Gasteiger partial charge >= 0.3 is 0 Å². The van der Waals surface area contributed by atoms with E-state index in [1.54, 1.807) is 18.9 Å². The number of thioether (sulfide) groups is 1. The van der Waals surface area contributed by atoms with Crippen LogP contribution in [0.25, 0.3) is 0 Å². The van der Waals surface area contributed by atoms with Gasteiger partial charge in [-0.15, -0.1) is 24.2 Å². The van der Waals surface area contributed by atoms with Crippen molar-refractivity contribution in [1.29, 1.82) is 0 Å².